The molecule has 2 rings (SSSR count). The Morgan fingerprint density at radius 3 is 2.93 bits per heavy atom. The van der Waals surface area contributed by atoms with Gasteiger partial charge in [0.05, 0.1) is 17.1 Å². The summed E-state index contributed by atoms with van der Waals surface area (Å²) in [6.45, 7) is 0.590. The summed E-state index contributed by atoms with van der Waals surface area (Å²) in [5.74, 6) is 0.774. The van der Waals surface area contributed by atoms with Crippen molar-refractivity contribution in [2.24, 2.45) is 0 Å². The molecule has 9 heteroatoms. The first-order valence-electron chi connectivity index (χ1n) is 9.55. The number of benzene rings is 1. The zero-order valence-corrected chi connectivity index (χ0v) is 16.9. The van der Waals surface area contributed by atoms with Gasteiger partial charge in [-0.25, -0.2) is 0 Å². The molecule has 1 aliphatic heterocycles. The molecule has 2 N–H and O–H groups in total. The number of aliphatic hydroxyl groups excluding tert-OH is 1. The molecule has 1 aliphatic rings. The largest absolute Gasteiger partial charge is 0.481 e. The van der Waals surface area contributed by atoms with Gasteiger partial charge in [-0.2, -0.15) is 11.8 Å². The van der Waals surface area contributed by atoms with Crippen molar-refractivity contribution in [2.75, 3.05) is 18.1 Å². The molecule has 1 saturated heterocycles. The molecule has 0 aliphatic carbocycles. The maximum absolute atomic E-state index is 12.1. The van der Waals surface area contributed by atoms with Crippen LogP contribution < -0.4 is 0 Å². The minimum Gasteiger partial charge on any atom is -0.481 e. The van der Waals surface area contributed by atoms with E-state index in [1.165, 1.54) is 12.1 Å². The number of hydrogen-bond acceptors (Lipinski definition) is 6. The van der Waals surface area contributed by atoms with Crippen molar-refractivity contribution in [2.45, 2.75) is 44.2 Å². The van der Waals surface area contributed by atoms with Gasteiger partial charge in [0, 0.05) is 43.7 Å². The van der Waals surface area contributed by atoms with Crippen LogP contribution in [-0.2, 0) is 16.0 Å². The van der Waals surface area contributed by atoms with Crippen molar-refractivity contribution in [3.8, 4) is 0 Å². The third-order valence-electron chi connectivity index (χ3n) is 4.65. The first-order valence-corrected chi connectivity index (χ1v) is 10.7. The van der Waals surface area contributed by atoms with Gasteiger partial charge in [0.15, 0.2) is 0 Å². The SMILES string of the molecule is O=C(O)CCCSCCN1C(=O)CC[C@@H]1C=C[C@@H](O)Cc1cccc([N+](=O)[O-])c1. The molecule has 1 aromatic rings. The van der Waals surface area contributed by atoms with Crippen LogP contribution in [0.5, 0.6) is 0 Å². The van der Waals surface area contributed by atoms with E-state index in [4.69, 9.17) is 5.11 Å². The average Bonchev–Trinajstić information content (AvgIpc) is 3.02. The third-order valence-corrected chi connectivity index (χ3v) is 5.70. The molecule has 2 atom stereocenters. The number of rotatable bonds is 12. The number of carboxylic acids is 1. The van der Waals surface area contributed by atoms with Gasteiger partial charge in [-0.15, -0.1) is 0 Å². The zero-order valence-electron chi connectivity index (χ0n) is 16.1. The van der Waals surface area contributed by atoms with Gasteiger partial charge in [0.2, 0.25) is 5.91 Å². The molecular weight excluding hydrogens is 396 g/mol. The highest BCUT2D eigenvalue weighted by molar-refractivity contribution is 7.99. The van der Waals surface area contributed by atoms with E-state index in [9.17, 15) is 24.8 Å². The van der Waals surface area contributed by atoms with E-state index >= 15 is 0 Å². The summed E-state index contributed by atoms with van der Waals surface area (Å²) < 4.78 is 0. The fourth-order valence-corrected chi connectivity index (χ4v) is 4.08. The number of nitrogens with zero attached hydrogens (tertiary/aromatic N) is 2. The minimum absolute atomic E-state index is 0.00732. The van der Waals surface area contributed by atoms with E-state index < -0.39 is 17.0 Å². The summed E-state index contributed by atoms with van der Waals surface area (Å²) in [6, 6.07) is 6.12. The van der Waals surface area contributed by atoms with E-state index in [2.05, 4.69) is 0 Å². The van der Waals surface area contributed by atoms with Gasteiger partial charge in [-0.3, -0.25) is 19.7 Å². The van der Waals surface area contributed by atoms with Crippen molar-refractivity contribution in [1.82, 2.24) is 4.90 Å². The highest BCUT2D eigenvalue weighted by Gasteiger charge is 2.28. The van der Waals surface area contributed by atoms with E-state index in [-0.39, 0.29) is 30.5 Å². The predicted molar refractivity (Wildman–Crippen MR) is 111 cm³/mol. The van der Waals surface area contributed by atoms with Crippen molar-refractivity contribution in [3.05, 3.63) is 52.1 Å². The Labute approximate surface area is 173 Å². The molecule has 1 fully saturated rings. The van der Waals surface area contributed by atoms with Crippen LogP contribution in [0.2, 0.25) is 0 Å². The van der Waals surface area contributed by atoms with E-state index in [0.29, 0.717) is 31.4 Å². The lowest BCUT2D eigenvalue weighted by Gasteiger charge is -2.22. The second kappa shape index (κ2) is 11.6. The molecule has 0 unspecified atom stereocenters. The summed E-state index contributed by atoms with van der Waals surface area (Å²) in [5, 5.41) is 29.7. The number of aliphatic carboxylic acids is 1. The van der Waals surface area contributed by atoms with Gasteiger partial charge in [0.1, 0.15) is 0 Å². The summed E-state index contributed by atoms with van der Waals surface area (Å²) in [7, 11) is 0. The fourth-order valence-electron chi connectivity index (χ4n) is 3.20. The van der Waals surface area contributed by atoms with Crippen LogP contribution in [0.25, 0.3) is 0 Å². The van der Waals surface area contributed by atoms with Crippen LogP contribution in [0.4, 0.5) is 5.69 Å². The van der Waals surface area contributed by atoms with Crippen LogP contribution in [0.15, 0.2) is 36.4 Å². The second-order valence-electron chi connectivity index (χ2n) is 6.89. The highest BCUT2D eigenvalue weighted by atomic mass is 32.2. The molecule has 0 spiro atoms. The molecule has 0 aromatic heterocycles. The summed E-state index contributed by atoms with van der Waals surface area (Å²) in [4.78, 5) is 34.8. The summed E-state index contributed by atoms with van der Waals surface area (Å²) in [6.07, 6.45) is 4.89. The molecule has 158 valence electrons. The Bertz CT molecular complexity index is 754. The maximum atomic E-state index is 12.1. The number of carbonyl (C=O) groups is 2. The lowest BCUT2D eigenvalue weighted by Crippen LogP contribution is -2.34. The smallest absolute Gasteiger partial charge is 0.303 e. The maximum Gasteiger partial charge on any atom is 0.303 e. The second-order valence-corrected chi connectivity index (χ2v) is 8.11. The number of carbonyl (C=O) groups excluding carboxylic acids is 1. The van der Waals surface area contributed by atoms with Gasteiger partial charge in [-0.05, 0) is 24.2 Å². The van der Waals surface area contributed by atoms with Crippen molar-refractivity contribution >= 4 is 29.3 Å². The Hall–Kier alpha value is -2.39. The Kier molecular flexibility index (Phi) is 9.14. The average molecular weight is 423 g/mol. The lowest BCUT2D eigenvalue weighted by atomic mass is 10.1. The van der Waals surface area contributed by atoms with Crippen LogP contribution in [-0.4, -0.2) is 62.1 Å². The number of likely N-dealkylation sites (tertiary alicyclic amines) is 1. The number of non-ortho nitro benzene ring substituents is 1. The number of hydrogen-bond donors (Lipinski definition) is 2. The molecule has 1 amide bonds. The van der Waals surface area contributed by atoms with E-state index in [1.54, 1.807) is 34.9 Å². The normalized spacial score (nSPS) is 17.8. The standard InChI is InChI=1S/C20H26N2O6S/c23-18(14-15-3-1-4-17(13-15)22(27)28)8-6-16-7-9-19(24)21(16)10-12-29-11-2-5-20(25)26/h1,3-4,6,8,13,16,18,23H,2,5,7,9-12,14H2,(H,25,26)/t16-,18+/m0/s1. The van der Waals surface area contributed by atoms with Gasteiger partial charge >= 0.3 is 5.97 Å². The number of thioether (sulfide) groups is 1. The van der Waals surface area contributed by atoms with Crippen molar-refractivity contribution < 1.29 is 24.7 Å². The molecule has 1 aromatic carbocycles. The minimum atomic E-state index is -0.797. The molecule has 1 heterocycles. The third kappa shape index (κ3) is 7.86. The van der Waals surface area contributed by atoms with Crippen LogP contribution in [0.3, 0.4) is 0 Å². The first kappa shape index (κ1) is 22.9. The zero-order chi connectivity index (χ0) is 21.2. The topological polar surface area (TPSA) is 121 Å². The molecule has 0 radical (unpaired) electrons. The van der Waals surface area contributed by atoms with Gasteiger partial charge in [-0.1, -0.05) is 24.3 Å². The lowest BCUT2D eigenvalue weighted by molar-refractivity contribution is -0.384. The number of nitro groups is 1. The molecule has 29 heavy (non-hydrogen) atoms. The Morgan fingerprint density at radius 1 is 1.41 bits per heavy atom. The number of carboxylic acid groups (broad SMARTS) is 1. The van der Waals surface area contributed by atoms with E-state index in [1.807, 2.05) is 6.08 Å². The molecule has 0 bridgehead atoms. The highest BCUT2D eigenvalue weighted by Crippen LogP contribution is 2.21. The number of aliphatic hydroxyl groups is 1. The van der Waals surface area contributed by atoms with Crippen molar-refractivity contribution in [1.29, 1.82) is 0 Å². The molecule has 0 saturated carbocycles. The Morgan fingerprint density at radius 2 is 2.21 bits per heavy atom. The number of nitro benzene ring substituents is 1. The Balaban J connectivity index is 1.81. The number of amides is 1. The first-order chi connectivity index (χ1) is 13.9. The monoisotopic (exact) mass is 422 g/mol. The van der Waals surface area contributed by atoms with Crippen LogP contribution >= 0.6 is 11.8 Å². The van der Waals surface area contributed by atoms with Crippen LogP contribution in [0.1, 0.15) is 31.2 Å². The van der Waals surface area contributed by atoms with Crippen LogP contribution in [0, 0.1) is 10.1 Å². The summed E-state index contributed by atoms with van der Waals surface area (Å²) >= 11 is 1.63. The van der Waals surface area contributed by atoms with E-state index in [0.717, 1.165) is 11.5 Å². The predicted octanol–water partition coefficient (Wildman–Crippen LogP) is 2.64. The van der Waals surface area contributed by atoms with Gasteiger partial charge in [0.25, 0.3) is 5.69 Å². The molecular formula is C20H26N2O6S. The van der Waals surface area contributed by atoms with Gasteiger partial charge < -0.3 is 15.1 Å². The fraction of sp³-hybridized carbons (Fsp3) is 0.500. The van der Waals surface area contributed by atoms with Crippen molar-refractivity contribution in [3.63, 3.8) is 0 Å². The quantitative estimate of drug-likeness (QED) is 0.230. The molecule has 8 nitrogen and oxygen atoms in total. The summed E-state index contributed by atoms with van der Waals surface area (Å²) in [5.41, 5.74) is 0.667.